The molecule has 0 spiro atoms. The number of nitrogens with zero attached hydrogens (tertiary/aromatic N) is 4. The van der Waals surface area contributed by atoms with Crippen molar-refractivity contribution >= 4 is 23.7 Å². The molecule has 1 heterocycles. The van der Waals surface area contributed by atoms with Gasteiger partial charge in [-0.15, -0.1) is 0 Å². The zero-order valence-electron chi connectivity index (χ0n) is 12.3. The van der Waals surface area contributed by atoms with Crippen molar-refractivity contribution in [2.45, 2.75) is 26.3 Å². The number of hydrogen-bond acceptors (Lipinski definition) is 7. The average Bonchev–Trinajstić information content (AvgIpc) is 2.43. The first kappa shape index (κ1) is 15.8. The summed E-state index contributed by atoms with van der Waals surface area (Å²) >= 11 is 1.84. The summed E-state index contributed by atoms with van der Waals surface area (Å²) < 4.78 is 5.12. The topological polar surface area (TPSA) is 63.2 Å². The van der Waals surface area contributed by atoms with Crippen LogP contribution in [0.4, 0.5) is 11.9 Å². The molecule has 1 aromatic rings. The molecule has 0 saturated heterocycles. The van der Waals surface area contributed by atoms with Crippen molar-refractivity contribution in [2.75, 3.05) is 42.9 Å². The first-order chi connectivity index (χ1) is 9.12. The van der Waals surface area contributed by atoms with Gasteiger partial charge in [0, 0.05) is 19.6 Å². The Labute approximate surface area is 119 Å². The molecule has 19 heavy (non-hydrogen) atoms. The smallest absolute Gasteiger partial charge is 0.322 e. The van der Waals surface area contributed by atoms with E-state index >= 15 is 0 Å². The maximum Gasteiger partial charge on any atom is 0.322 e. The summed E-state index contributed by atoms with van der Waals surface area (Å²) in [7, 11) is 3.56. The van der Waals surface area contributed by atoms with Gasteiger partial charge >= 0.3 is 6.01 Å². The number of thioether (sulfide) groups is 1. The third kappa shape index (κ3) is 4.74. The van der Waals surface area contributed by atoms with E-state index in [1.165, 1.54) is 0 Å². The standard InChI is InChI=1S/C12H23N5OS/c1-6-13-10-14-11(16-12(15-10)18-4)17(3)9(2)7-8-19-5/h9H,6-8H2,1-5H3,(H,13,14,15,16). The van der Waals surface area contributed by atoms with Crippen LogP contribution in [0.15, 0.2) is 0 Å². The maximum atomic E-state index is 5.12. The highest BCUT2D eigenvalue weighted by atomic mass is 32.2. The molecule has 0 amide bonds. The molecule has 0 radical (unpaired) electrons. The molecule has 1 unspecified atom stereocenters. The van der Waals surface area contributed by atoms with Crippen LogP contribution in [0.5, 0.6) is 6.01 Å². The van der Waals surface area contributed by atoms with Crippen LogP contribution >= 0.6 is 11.8 Å². The summed E-state index contributed by atoms with van der Waals surface area (Å²) in [4.78, 5) is 14.9. The first-order valence-corrected chi connectivity index (χ1v) is 7.77. The second-order valence-corrected chi connectivity index (χ2v) is 5.20. The van der Waals surface area contributed by atoms with Crippen molar-refractivity contribution in [2.24, 2.45) is 0 Å². The van der Waals surface area contributed by atoms with Crippen LogP contribution in [0.1, 0.15) is 20.3 Å². The first-order valence-electron chi connectivity index (χ1n) is 6.38. The summed E-state index contributed by atoms with van der Waals surface area (Å²) in [6.45, 7) is 4.93. The molecule has 1 aromatic heterocycles. The molecule has 0 bridgehead atoms. The Bertz CT molecular complexity index is 390. The van der Waals surface area contributed by atoms with Crippen LogP contribution in [0, 0.1) is 0 Å². The monoisotopic (exact) mass is 285 g/mol. The fraction of sp³-hybridized carbons (Fsp3) is 0.750. The molecule has 0 aliphatic carbocycles. The van der Waals surface area contributed by atoms with Gasteiger partial charge in [-0.2, -0.15) is 26.7 Å². The Morgan fingerprint density at radius 1 is 1.37 bits per heavy atom. The van der Waals surface area contributed by atoms with Crippen molar-refractivity contribution < 1.29 is 4.74 Å². The summed E-state index contributed by atoms with van der Waals surface area (Å²) in [5.74, 6) is 2.30. The lowest BCUT2D eigenvalue weighted by Gasteiger charge is -2.25. The second-order valence-electron chi connectivity index (χ2n) is 4.22. The van der Waals surface area contributed by atoms with Gasteiger partial charge in [0.25, 0.3) is 0 Å². The van der Waals surface area contributed by atoms with Gasteiger partial charge in [0.05, 0.1) is 7.11 Å². The molecular weight excluding hydrogens is 262 g/mol. The lowest BCUT2D eigenvalue weighted by molar-refractivity contribution is 0.378. The van der Waals surface area contributed by atoms with E-state index in [4.69, 9.17) is 4.74 Å². The summed E-state index contributed by atoms with van der Waals surface area (Å²) in [5, 5.41) is 3.09. The molecule has 0 aromatic carbocycles. The number of ether oxygens (including phenoxy) is 1. The fourth-order valence-corrected chi connectivity index (χ4v) is 2.09. The van der Waals surface area contributed by atoms with Crippen molar-refractivity contribution in [1.29, 1.82) is 0 Å². The highest BCUT2D eigenvalue weighted by molar-refractivity contribution is 7.98. The molecule has 108 valence electrons. The van der Waals surface area contributed by atoms with E-state index in [0.717, 1.165) is 18.7 Å². The normalized spacial score (nSPS) is 12.1. The van der Waals surface area contributed by atoms with Gasteiger partial charge < -0.3 is 15.0 Å². The van der Waals surface area contributed by atoms with E-state index in [0.29, 0.717) is 23.9 Å². The molecule has 6 nitrogen and oxygen atoms in total. The predicted molar refractivity (Wildman–Crippen MR) is 81.4 cm³/mol. The van der Waals surface area contributed by atoms with Crippen LogP contribution < -0.4 is 15.0 Å². The molecule has 7 heteroatoms. The van der Waals surface area contributed by atoms with Gasteiger partial charge in [-0.25, -0.2) is 0 Å². The van der Waals surface area contributed by atoms with E-state index in [1.54, 1.807) is 7.11 Å². The lowest BCUT2D eigenvalue weighted by Crippen LogP contribution is -2.31. The third-order valence-electron chi connectivity index (χ3n) is 2.84. The number of rotatable bonds is 8. The molecule has 1 rings (SSSR count). The zero-order valence-corrected chi connectivity index (χ0v) is 13.1. The molecular formula is C12H23N5OS. The number of aromatic nitrogens is 3. The quantitative estimate of drug-likeness (QED) is 0.782. The van der Waals surface area contributed by atoms with Gasteiger partial charge in [0.2, 0.25) is 11.9 Å². The number of nitrogens with one attached hydrogen (secondary N) is 1. The van der Waals surface area contributed by atoms with Gasteiger partial charge in [-0.05, 0) is 32.3 Å². The van der Waals surface area contributed by atoms with Crippen LogP contribution in [0.2, 0.25) is 0 Å². The largest absolute Gasteiger partial charge is 0.467 e. The minimum absolute atomic E-state index is 0.338. The average molecular weight is 285 g/mol. The molecule has 1 N–H and O–H groups in total. The Hall–Kier alpha value is -1.24. The van der Waals surface area contributed by atoms with Crippen molar-refractivity contribution in [3.05, 3.63) is 0 Å². The second kappa shape index (κ2) is 8.04. The molecule has 0 saturated carbocycles. The lowest BCUT2D eigenvalue weighted by atomic mass is 10.2. The van der Waals surface area contributed by atoms with E-state index in [2.05, 4.69) is 38.3 Å². The predicted octanol–water partition coefficient (Wildman–Crippen LogP) is 1.89. The van der Waals surface area contributed by atoms with Crippen LogP contribution in [0.3, 0.4) is 0 Å². The molecule has 0 fully saturated rings. The van der Waals surface area contributed by atoms with Crippen LogP contribution in [0.25, 0.3) is 0 Å². The molecule has 1 atom stereocenters. The maximum absolute atomic E-state index is 5.12. The summed E-state index contributed by atoms with van der Waals surface area (Å²) in [5.41, 5.74) is 0. The Morgan fingerprint density at radius 3 is 2.68 bits per heavy atom. The molecule has 0 aliphatic rings. The minimum Gasteiger partial charge on any atom is -0.467 e. The fourth-order valence-electron chi connectivity index (χ4n) is 1.51. The summed E-state index contributed by atoms with van der Waals surface area (Å²) in [6, 6.07) is 0.707. The van der Waals surface area contributed by atoms with Crippen LogP contribution in [-0.2, 0) is 0 Å². The Morgan fingerprint density at radius 2 is 2.11 bits per heavy atom. The van der Waals surface area contributed by atoms with Gasteiger partial charge in [0.1, 0.15) is 0 Å². The highest BCUT2D eigenvalue weighted by Gasteiger charge is 2.15. The third-order valence-corrected chi connectivity index (χ3v) is 3.48. The number of anilines is 2. The zero-order chi connectivity index (χ0) is 14.3. The van der Waals surface area contributed by atoms with E-state index in [1.807, 2.05) is 25.7 Å². The van der Waals surface area contributed by atoms with Crippen molar-refractivity contribution in [3.8, 4) is 6.01 Å². The van der Waals surface area contributed by atoms with E-state index in [-0.39, 0.29) is 0 Å². The SMILES string of the molecule is CCNc1nc(OC)nc(N(C)C(C)CCSC)n1. The van der Waals surface area contributed by atoms with E-state index < -0.39 is 0 Å². The van der Waals surface area contributed by atoms with E-state index in [9.17, 15) is 0 Å². The van der Waals surface area contributed by atoms with Crippen molar-refractivity contribution in [1.82, 2.24) is 15.0 Å². The van der Waals surface area contributed by atoms with Gasteiger partial charge in [0.15, 0.2) is 0 Å². The molecule has 0 aliphatic heterocycles. The van der Waals surface area contributed by atoms with Crippen LogP contribution in [-0.4, -0.2) is 53.7 Å². The minimum atomic E-state index is 0.338. The number of hydrogen-bond donors (Lipinski definition) is 1. The summed E-state index contributed by atoms with van der Waals surface area (Å²) in [6.07, 6.45) is 3.20. The van der Waals surface area contributed by atoms with Gasteiger partial charge in [-0.1, -0.05) is 0 Å². The van der Waals surface area contributed by atoms with Crippen molar-refractivity contribution in [3.63, 3.8) is 0 Å². The van der Waals surface area contributed by atoms with Gasteiger partial charge in [-0.3, -0.25) is 0 Å². The highest BCUT2D eigenvalue weighted by Crippen LogP contribution is 2.17. The number of methoxy groups -OCH3 is 1. The Kier molecular flexibility index (Phi) is 6.69. The Balaban J connectivity index is 2.87.